The molecule has 0 saturated carbocycles. The van der Waals surface area contributed by atoms with Crippen molar-refractivity contribution in [3.63, 3.8) is 0 Å². The van der Waals surface area contributed by atoms with Gasteiger partial charge in [0.2, 0.25) is 0 Å². The zero-order chi connectivity index (χ0) is 18.0. The van der Waals surface area contributed by atoms with E-state index in [4.69, 9.17) is 5.26 Å². The molecule has 0 spiro atoms. The van der Waals surface area contributed by atoms with Crippen LogP contribution in [0.15, 0.2) is 59.5 Å². The highest BCUT2D eigenvalue weighted by atomic mass is 32.2. The number of nitrogens with one attached hydrogen (secondary N) is 1. The van der Waals surface area contributed by atoms with Gasteiger partial charge in [-0.25, -0.2) is 17.5 Å². The van der Waals surface area contributed by atoms with Gasteiger partial charge in [-0.3, -0.25) is 4.72 Å². The number of nitrogens with zero attached hydrogens (tertiary/aromatic N) is 3. The number of aryl methyl sites for hydroxylation is 1. The van der Waals surface area contributed by atoms with Crippen molar-refractivity contribution in [3.8, 4) is 11.8 Å². The Balaban J connectivity index is 2.01. The summed E-state index contributed by atoms with van der Waals surface area (Å²) in [5, 5.41) is 12.9. The number of sulfonamides is 1. The predicted molar refractivity (Wildman–Crippen MR) is 90.2 cm³/mol. The summed E-state index contributed by atoms with van der Waals surface area (Å²) >= 11 is 0. The molecular formula is C17H13FN4O2S. The van der Waals surface area contributed by atoms with Crippen molar-refractivity contribution in [2.45, 2.75) is 11.8 Å². The minimum atomic E-state index is -3.91. The second-order valence-corrected chi connectivity index (χ2v) is 6.96. The maximum Gasteiger partial charge on any atom is 0.263 e. The molecule has 0 bridgehead atoms. The van der Waals surface area contributed by atoms with Gasteiger partial charge in [0.15, 0.2) is 0 Å². The Morgan fingerprint density at radius 1 is 1.16 bits per heavy atom. The van der Waals surface area contributed by atoms with E-state index in [1.54, 1.807) is 13.0 Å². The molecule has 1 N–H and O–H groups in total. The molecule has 1 aromatic heterocycles. The van der Waals surface area contributed by atoms with Crippen molar-refractivity contribution in [2.75, 3.05) is 4.72 Å². The lowest BCUT2D eigenvalue weighted by molar-refractivity contribution is 0.599. The Kier molecular flexibility index (Phi) is 4.25. The SMILES string of the molecule is Cc1cc(NS(=O)(=O)c2ccc(C#N)cc2)n(-c2ccccc2F)n1. The molecule has 25 heavy (non-hydrogen) atoms. The van der Waals surface area contributed by atoms with Crippen molar-refractivity contribution < 1.29 is 12.8 Å². The number of aromatic nitrogens is 2. The summed E-state index contributed by atoms with van der Waals surface area (Å²) in [6, 6.07) is 14.9. The van der Waals surface area contributed by atoms with Gasteiger partial charge in [-0.2, -0.15) is 10.4 Å². The third kappa shape index (κ3) is 3.36. The summed E-state index contributed by atoms with van der Waals surface area (Å²) in [7, 11) is -3.91. The number of hydrogen-bond acceptors (Lipinski definition) is 4. The molecule has 0 radical (unpaired) electrons. The minimum absolute atomic E-state index is 0.00885. The third-order valence-corrected chi connectivity index (χ3v) is 4.82. The van der Waals surface area contributed by atoms with Crippen LogP contribution in [0.25, 0.3) is 5.69 Å². The molecule has 2 aromatic carbocycles. The summed E-state index contributed by atoms with van der Waals surface area (Å²) < 4.78 is 42.7. The number of anilines is 1. The molecule has 3 rings (SSSR count). The number of halogens is 1. The van der Waals surface area contributed by atoms with E-state index in [1.807, 2.05) is 6.07 Å². The normalized spacial score (nSPS) is 11.1. The van der Waals surface area contributed by atoms with Gasteiger partial charge >= 0.3 is 0 Å². The fraction of sp³-hybridized carbons (Fsp3) is 0.0588. The first kappa shape index (κ1) is 16.7. The monoisotopic (exact) mass is 356 g/mol. The fourth-order valence-electron chi connectivity index (χ4n) is 2.28. The molecule has 0 aliphatic carbocycles. The van der Waals surface area contributed by atoms with Crippen LogP contribution in [0.1, 0.15) is 11.3 Å². The molecule has 1 heterocycles. The van der Waals surface area contributed by atoms with Crippen LogP contribution >= 0.6 is 0 Å². The summed E-state index contributed by atoms with van der Waals surface area (Å²) in [6.07, 6.45) is 0. The smallest absolute Gasteiger partial charge is 0.263 e. The quantitative estimate of drug-likeness (QED) is 0.778. The first-order chi connectivity index (χ1) is 11.9. The Labute approximate surface area is 144 Å². The standard InChI is InChI=1S/C17H13FN4O2S/c1-12-10-17(22(20-12)16-5-3-2-4-15(16)18)21-25(23,24)14-8-6-13(11-19)7-9-14/h2-10,21H,1H3. The lowest BCUT2D eigenvalue weighted by Gasteiger charge is -2.11. The van der Waals surface area contributed by atoms with E-state index < -0.39 is 15.8 Å². The molecule has 0 aliphatic heterocycles. The maximum atomic E-state index is 14.0. The summed E-state index contributed by atoms with van der Waals surface area (Å²) in [4.78, 5) is -0.00885. The maximum absolute atomic E-state index is 14.0. The topological polar surface area (TPSA) is 87.8 Å². The van der Waals surface area contributed by atoms with Crippen LogP contribution in [-0.2, 0) is 10.0 Å². The number of rotatable bonds is 4. The average molecular weight is 356 g/mol. The van der Waals surface area contributed by atoms with Crippen LogP contribution in [0.2, 0.25) is 0 Å². The zero-order valence-electron chi connectivity index (χ0n) is 13.1. The Morgan fingerprint density at radius 3 is 2.48 bits per heavy atom. The van der Waals surface area contributed by atoms with Gasteiger partial charge < -0.3 is 0 Å². The summed E-state index contributed by atoms with van der Waals surface area (Å²) in [5.41, 5.74) is 1.01. The van der Waals surface area contributed by atoms with Crippen LogP contribution in [0, 0.1) is 24.1 Å². The fourth-order valence-corrected chi connectivity index (χ4v) is 3.32. The lowest BCUT2D eigenvalue weighted by Crippen LogP contribution is -2.16. The number of para-hydroxylation sites is 1. The van der Waals surface area contributed by atoms with Crippen molar-refractivity contribution in [2.24, 2.45) is 0 Å². The number of hydrogen-bond donors (Lipinski definition) is 1. The summed E-state index contributed by atoms with van der Waals surface area (Å²) in [5.74, 6) is -0.406. The second kappa shape index (κ2) is 6.37. The van der Waals surface area contributed by atoms with Crippen LogP contribution in [0.3, 0.4) is 0 Å². The van der Waals surface area contributed by atoms with E-state index in [0.29, 0.717) is 11.3 Å². The van der Waals surface area contributed by atoms with Crippen LogP contribution < -0.4 is 4.72 Å². The molecule has 0 aliphatic rings. The van der Waals surface area contributed by atoms with Gasteiger partial charge in [0.25, 0.3) is 10.0 Å². The third-order valence-electron chi connectivity index (χ3n) is 3.44. The molecule has 0 unspecified atom stereocenters. The molecule has 0 fully saturated rings. The van der Waals surface area contributed by atoms with E-state index in [0.717, 1.165) is 0 Å². The molecule has 0 saturated heterocycles. The number of nitriles is 1. The Hall–Kier alpha value is -3.18. The summed E-state index contributed by atoms with van der Waals surface area (Å²) in [6.45, 7) is 1.68. The molecule has 8 heteroatoms. The second-order valence-electron chi connectivity index (χ2n) is 5.28. The Morgan fingerprint density at radius 2 is 1.84 bits per heavy atom. The van der Waals surface area contributed by atoms with E-state index in [9.17, 15) is 12.8 Å². The zero-order valence-corrected chi connectivity index (χ0v) is 14.0. The van der Waals surface area contributed by atoms with E-state index in [1.165, 1.54) is 53.2 Å². The van der Waals surface area contributed by atoms with Gasteiger partial charge in [-0.1, -0.05) is 12.1 Å². The Bertz CT molecular complexity index is 1070. The molecule has 3 aromatic rings. The molecule has 0 amide bonds. The van der Waals surface area contributed by atoms with Gasteiger partial charge in [-0.15, -0.1) is 0 Å². The highest BCUT2D eigenvalue weighted by Crippen LogP contribution is 2.22. The van der Waals surface area contributed by atoms with Gasteiger partial charge in [0.1, 0.15) is 17.3 Å². The van der Waals surface area contributed by atoms with Gasteiger partial charge in [0.05, 0.1) is 22.2 Å². The van der Waals surface area contributed by atoms with Crippen LogP contribution in [-0.4, -0.2) is 18.2 Å². The number of benzene rings is 2. The first-order valence-corrected chi connectivity index (χ1v) is 8.73. The van der Waals surface area contributed by atoms with Crippen molar-refractivity contribution in [1.29, 1.82) is 5.26 Å². The first-order valence-electron chi connectivity index (χ1n) is 7.25. The minimum Gasteiger partial charge on any atom is -0.263 e. The van der Waals surface area contributed by atoms with Crippen molar-refractivity contribution in [3.05, 3.63) is 71.7 Å². The van der Waals surface area contributed by atoms with Crippen molar-refractivity contribution >= 4 is 15.8 Å². The average Bonchev–Trinajstić information content (AvgIpc) is 2.94. The van der Waals surface area contributed by atoms with Crippen LogP contribution in [0.4, 0.5) is 10.2 Å². The highest BCUT2D eigenvalue weighted by Gasteiger charge is 2.19. The van der Waals surface area contributed by atoms with Crippen LogP contribution in [0.5, 0.6) is 0 Å². The largest absolute Gasteiger partial charge is 0.263 e. The molecule has 126 valence electrons. The van der Waals surface area contributed by atoms with Crippen molar-refractivity contribution in [1.82, 2.24) is 9.78 Å². The molecular weight excluding hydrogens is 343 g/mol. The highest BCUT2D eigenvalue weighted by molar-refractivity contribution is 7.92. The lowest BCUT2D eigenvalue weighted by atomic mass is 10.2. The van der Waals surface area contributed by atoms with E-state index in [-0.39, 0.29) is 16.4 Å². The van der Waals surface area contributed by atoms with E-state index in [2.05, 4.69) is 9.82 Å². The predicted octanol–water partition coefficient (Wildman–Crippen LogP) is 2.99. The van der Waals surface area contributed by atoms with Gasteiger partial charge in [0, 0.05) is 6.07 Å². The van der Waals surface area contributed by atoms with Gasteiger partial charge in [-0.05, 0) is 43.3 Å². The van der Waals surface area contributed by atoms with E-state index >= 15 is 0 Å². The molecule has 0 atom stereocenters. The molecule has 6 nitrogen and oxygen atoms in total.